The van der Waals surface area contributed by atoms with Crippen LogP contribution in [0.15, 0.2) is 76.6 Å². The van der Waals surface area contributed by atoms with Crippen LogP contribution < -0.4 is 5.56 Å². The van der Waals surface area contributed by atoms with Crippen LogP contribution in [-0.2, 0) is 7.05 Å². The van der Waals surface area contributed by atoms with Gasteiger partial charge in [-0.3, -0.25) is 9.48 Å². The van der Waals surface area contributed by atoms with Gasteiger partial charge in [-0.05, 0) is 48.2 Å². The van der Waals surface area contributed by atoms with E-state index in [0.717, 1.165) is 22.0 Å². The second kappa shape index (κ2) is 7.29. The molecule has 2 aromatic carbocycles. The molecule has 5 nitrogen and oxygen atoms in total. The van der Waals surface area contributed by atoms with Gasteiger partial charge in [0.1, 0.15) is 5.69 Å². The number of nitrogens with zero attached hydrogens (tertiary/aromatic N) is 4. The van der Waals surface area contributed by atoms with E-state index in [-0.39, 0.29) is 5.56 Å². The van der Waals surface area contributed by atoms with Gasteiger partial charge >= 0.3 is 0 Å². The van der Waals surface area contributed by atoms with Crippen molar-refractivity contribution in [2.45, 2.75) is 11.8 Å². The maximum Gasteiger partial charge on any atom is 0.281 e. The van der Waals surface area contributed by atoms with Crippen LogP contribution in [0, 0.1) is 18.6 Å². The molecule has 138 valence electrons. The first kappa shape index (κ1) is 18.0. The molecule has 0 spiro atoms. The van der Waals surface area contributed by atoms with Gasteiger partial charge < -0.3 is 0 Å². The highest BCUT2D eigenvalue weighted by atomic mass is 32.2. The molecule has 0 saturated heterocycles. The Morgan fingerprint density at radius 1 is 1.00 bits per heavy atom. The first-order chi connectivity index (χ1) is 13.6. The van der Waals surface area contributed by atoms with Crippen LogP contribution in [0.25, 0.3) is 22.6 Å². The van der Waals surface area contributed by atoms with Crippen LogP contribution in [0.2, 0.25) is 0 Å². The minimum absolute atomic E-state index is 0.122. The lowest BCUT2D eigenvalue weighted by molar-refractivity contribution is 0.630. The van der Waals surface area contributed by atoms with E-state index in [4.69, 9.17) is 11.5 Å². The van der Waals surface area contributed by atoms with Crippen molar-refractivity contribution < 1.29 is 0 Å². The van der Waals surface area contributed by atoms with Gasteiger partial charge in [0.2, 0.25) is 0 Å². The van der Waals surface area contributed by atoms with Crippen molar-refractivity contribution in [2.24, 2.45) is 7.05 Å². The molecule has 2 aromatic heterocycles. The van der Waals surface area contributed by atoms with Gasteiger partial charge in [-0.2, -0.15) is 5.10 Å². The van der Waals surface area contributed by atoms with Crippen molar-refractivity contribution in [2.75, 3.05) is 0 Å². The molecule has 0 fully saturated rings. The largest absolute Gasteiger partial charge is 0.285 e. The van der Waals surface area contributed by atoms with Crippen LogP contribution in [0.4, 0.5) is 0 Å². The zero-order valence-electron chi connectivity index (χ0n) is 15.5. The lowest BCUT2D eigenvalue weighted by atomic mass is 10.2. The van der Waals surface area contributed by atoms with Crippen LogP contribution in [-0.4, -0.2) is 19.1 Å². The molecular formula is C22H18N4OS. The minimum Gasteiger partial charge on any atom is -0.285 e. The maximum atomic E-state index is 13.3. The van der Waals surface area contributed by atoms with E-state index in [9.17, 15) is 4.79 Å². The fourth-order valence-corrected chi connectivity index (χ4v) is 3.74. The highest BCUT2D eigenvalue weighted by Gasteiger charge is 2.23. The molecule has 0 saturated carbocycles. The van der Waals surface area contributed by atoms with E-state index in [2.05, 4.69) is 5.25 Å². The number of hydrogen-bond donors (Lipinski definition) is 0. The Labute approximate surface area is 167 Å². The molecule has 2 heterocycles. The molecule has 0 atom stereocenters. The number of benzene rings is 2. The third-order valence-electron chi connectivity index (χ3n) is 4.66. The molecule has 4 aromatic rings. The van der Waals surface area contributed by atoms with Gasteiger partial charge in [-0.25, -0.2) is 9.36 Å². The molecule has 6 heteroatoms. The number of aromatic nitrogens is 4. The molecular weight excluding hydrogens is 368 g/mol. The quantitative estimate of drug-likeness (QED) is 0.393. The SMILES string of the molecule is C#CSc1cn(-c2ccccc2)nc1-c1c(C)n(C)n(-c2ccccc2)c1=O. The highest BCUT2D eigenvalue weighted by Crippen LogP contribution is 2.31. The molecule has 4 rings (SSSR count). The van der Waals surface area contributed by atoms with Gasteiger partial charge in [-0.15, -0.1) is 6.42 Å². The molecule has 0 amide bonds. The summed E-state index contributed by atoms with van der Waals surface area (Å²) in [5.74, 6) is 0. The third-order valence-corrected chi connectivity index (χ3v) is 5.30. The normalized spacial score (nSPS) is 10.8. The Kier molecular flexibility index (Phi) is 4.68. The van der Waals surface area contributed by atoms with E-state index in [1.54, 1.807) is 9.36 Å². The first-order valence-corrected chi connectivity index (χ1v) is 9.55. The zero-order valence-corrected chi connectivity index (χ0v) is 16.4. The van der Waals surface area contributed by atoms with Gasteiger partial charge in [0.05, 0.1) is 21.8 Å². The summed E-state index contributed by atoms with van der Waals surface area (Å²) in [6.07, 6.45) is 7.41. The summed E-state index contributed by atoms with van der Waals surface area (Å²) in [5.41, 5.74) is 3.57. The fraction of sp³-hybridized carbons (Fsp3) is 0.0909. The number of para-hydroxylation sites is 2. The molecule has 28 heavy (non-hydrogen) atoms. The van der Waals surface area contributed by atoms with Crippen molar-refractivity contribution >= 4 is 11.8 Å². The number of thioether (sulfide) groups is 1. The van der Waals surface area contributed by atoms with Crippen molar-refractivity contribution in [1.82, 2.24) is 19.1 Å². The molecule has 0 unspecified atom stereocenters. The number of terminal acetylenes is 1. The van der Waals surface area contributed by atoms with Crippen molar-refractivity contribution in [3.63, 3.8) is 0 Å². The average Bonchev–Trinajstić information content (AvgIpc) is 3.22. The Balaban J connectivity index is 1.94. The highest BCUT2D eigenvalue weighted by molar-refractivity contribution is 8.04. The van der Waals surface area contributed by atoms with E-state index < -0.39 is 0 Å². The Bertz CT molecular complexity index is 1230. The van der Waals surface area contributed by atoms with Gasteiger partial charge in [0, 0.05) is 18.9 Å². The van der Waals surface area contributed by atoms with Crippen LogP contribution >= 0.6 is 11.8 Å². The Morgan fingerprint density at radius 3 is 2.21 bits per heavy atom. The van der Waals surface area contributed by atoms with Crippen molar-refractivity contribution in [3.8, 4) is 34.3 Å². The lowest BCUT2D eigenvalue weighted by Gasteiger charge is -2.07. The number of rotatable bonds is 4. The first-order valence-electron chi connectivity index (χ1n) is 8.73. The molecule has 0 radical (unpaired) electrons. The van der Waals surface area contributed by atoms with Crippen LogP contribution in [0.5, 0.6) is 0 Å². The fourth-order valence-electron chi connectivity index (χ4n) is 3.22. The summed E-state index contributed by atoms with van der Waals surface area (Å²) in [6.45, 7) is 1.92. The summed E-state index contributed by atoms with van der Waals surface area (Å²) in [4.78, 5) is 14.1. The standard InChI is InChI=1S/C22H18N4OS/c1-4-28-19-15-25(17-11-7-5-8-12-17)23-21(19)20-16(2)24(3)26(22(20)27)18-13-9-6-10-14-18/h1,5-15H,2-3H3. The van der Waals surface area contributed by atoms with Crippen molar-refractivity contribution in [3.05, 3.63) is 82.9 Å². The number of hydrogen-bond acceptors (Lipinski definition) is 3. The Morgan fingerprint density at radius 2 is 1.61 bits per heavy atom. The van der Waals surface area contributed by atoms with E-state index in [1.165, 1.54) is 11.8 Å². The average molecular weight is 386 g/mol. The zero-order chi connectivity index (χ0) is 19.7. The summed E-state index contributed by atoms with van der Waals surface area (Å²) in [5, 5.41) is 7.31. The van der Waals surface area contributed by atoms with Crippen LogP contribution in [0.3, 0.4) is 0 Å². The second-order valence-corrected chi connectivity index (χ2v) is 7.16. The predicted molar refractivity (Wildman–Crippen MR) is 113 cm³/mol. The topological polar surface area (TPSA) is 44.8 Å². The lowest BCUT2D eigenvalue weighted by Crippen LogP contribution is -2.20. The monoisotopic (exact) mass is 386 g/mol. The van der Waals surface area contributed by atoms with Crippen molar-refractivity contribution in [1.29, 1.82) is 0 Å². The summed E-state index contributed by atoms with van der Waals surface area (Å²) in [6, 6.07) is 19.3. The molecule has 0 aliphatic heterocycles. The smallest absolute Gasteiger partial charge is 0.281 e. The maximum absolute atomic E-state index is 13.3. The summed E-state index contributed by atoms with van der Waals surface area (Å²) >= 11 is 1.23. The molecule has 0 aliphatic carbocycles. The minimum atomic E-state index is -0.122. The van der Waals surface area contributed by atoms with Crippen LogP contribution in [0.1, 0.15) is 5.69 Å². The van der Waals surface area contributed by atoms with Gasteiger partial charge in [0.15, 0.2) is 0 Å². The summed E-state index contributed by atoms with van der Waals surface area (Å²) < 4.78 is 5.25. The third kappa shape index (κ3) is 2.96. The van der Waals surface area contributed by atoms with Gasteiger partial charge in [-0.1, -0.05) is 36.4 Å². The van der Waals surface area contributed by atoms with E-state index in [0.29, 0.717) is 11.3 Å². The molecule has 0 N–H and O–H groups in total. The molecule has 0 aliphatic rings. The predicted octanol–water partition coefficient (Wildman–Crippen LogP) is 4.02. The van der Waals surface area contributed by atoms with Gasteiger partial charge in [0.25, 0.3) is 5.56 Å². The van der Waals surface area contributed by atoms with E-state index >= 15 is 0 Å². The summed E-state index contributed by atoms with van der Waals surface area (Å²) in [7, 11) is 1.87. The van der Waals surface area contributed by atoms with E-state index in [1.807, 2.05) is 85.5 Å². The Hall–Kier alpha value is -3.43. The second-order valence-electron chi connectivity index (χ2n) is 6.28. The molecule has 0 bridgehead atoms.